The monoisotopic (exact) mass is 465 g/mol. The van der Waals surface area contributed by atoms with E-state index in [1.54, 1.807) is 7.11 Å². The van der Waals surface area contributed by atoms with Gasteiger partial charge < -0.3 is 20.1 Å². The van der Waals surface area contributed by atoms with Crippen molar-refractivity contribution >= 4 is 29.9 Å². The van der Waals surface area contributed by atoms with E-state index in [1.165, 1.54) is 32.1 Å². The van der Waals surface area contributed by atoms with Crippen LogP contribution < -0.4 is 10.6 Å². The molecule has 0 aromatic carbocycles. The Bertz CT molecular complexity index is 464. The molecule has 0 bridgehead atoms. The molecule has 1 aliphatic heterocycles. The maximum atomic E-state index is 5.90. The van der Waals surface area contributed by atoms with Gasteiger partial charge in [0.05, 0.1) is 6.10 Å². The third-order valence-corrected chi connectivity index (χ3v) is 6.75. The second kappa shape index (κ2) is 8.74. The van der Waals surface area contributed by atoms with Gasteiger partial charge in [0.25, 0.3) is 0 Å². The Kier molecular flexibility index (Phi) is 7.42. The summed E-state index contributed by atoms with van der Waals surface area (Å²) in [4.78, 5) is 4.48. The first-order valence-electron chi connectivity index (χ1n) is 9.60. The van der Waals surface area contributed by atoms with Gasteiger partial charge in [-0.25, -0.2) is 0 Å². The molecule has 0 radical (unpaired) electrons. The number of ether oxygens (including phenoxy) is 2. The molecule has 25 heavy (non-hydrogen) atoms. The summed E-state index contributed by atoms with van der Waals surface area (Å²) in [5.74, 6) is 1.58. The van der Waals surface area contributed by atoms with E-state index < -0.39 is 0 Å². The summed E-state index contributed by atoms with van der Waals surface area (Å²) in [5.41, 5.74) is 0.557. The Morgan fingerprint density at radius 3 is 2.64 bits per heavy atom. The molecule has 0 aromatic heterocycles. The van der Waals surface area contributed by atoms with Crippen molar-refractivity contribution in [2.45, 2.75) is 64.5 Å². The minimum atomic E-state index is 0. The second-order valence-corrected chi connectivity index (χ2v) is 8.56. The van der Waals surface area contributed by atoms with Crippen molar-refractivity contribution in [1.82, 2.24) is 10.6 Å². The van der Waals surface area contributed by atoms with Crippen molar-refractivity contribution in [2.24, 2.45) is 21.7 Å². The molecular weight excluding hydrogens is 429 g/mol. The lowest BCUT2D eigenvalue weighted by Crippen LogP contribution is -2.68. The highest BCUT2D eigenvalue weighted by Gasteiger charge is 2.59. The fourth-order valence-electron chi connectivity index (χ4n) is 5.19. The van der Waals surface area contributed by atoms with E-state index in [-0.39, 0.29) is 29.4 Å². The standard InChI is InChI=1S/C19H35N3O2.HI/c1-18(2)15(14-7-11-24-16(14)18)22-17(20-3)21-13-19(10-12-23-4)8-5-6-9-19;/h14-16H,5-13H2,1-4H3,(H2,20,21,22);1H. The molecule has 146 valence electrons. The number of rotatable bonds is 6. The van der Waals surface area contributed by atoms with Crippen LogP contribution in [0.2, 0.25) is 0 Å². The molecule has 3 aliphatic rings. The number of methoxy groups -OCH3 is 1. The molecule has 1 heterocycles. The van der Waals surface area contributed by atoms with E-state index in [9.17, 15) is 0 Å². The van der Waals surface area contributed by atoms with Gasteiger partial charge in [0.1, 0.15) is 0 Å². The first kappa shape index (κ1) is 21.2. The van der Waals surface area contributed by atoms with Gasteiger partial charge in [0, 0.05) is 51.3 Å². The molecule has 2 N–H and O–H groups in total. The zero-order valence-electron chi connectivity index (χ0n) is 16.3. The molecule has 2 aliphatic carbocycles. The van der Waals surface area contributed by atoms with E-state index in [1.807, 2.05) is 7.05 Å². The summed E-state index contributed by atoms with van der Waals surface area (Å²) in [6, 6.07) is 0.453. The van der Waals surface area contributed by atoms with Crippen molar-refractivity contribution in [2.75, 3.05) is 33.9 Å². The minimum Gasteiger partial charge on any atom is -0.385 e. The fraction of sp³-hybridized carbons (Fsp3) is 0.947. The molecule has 5 nitrogen and oxygen atoms in total. The summed E-state index contributed by atoms with van der Waals surface area (Å²) in [6.07, 6.45) is 8.00. The molecule has 3 unspecified atom stereocenters. The third-order valence-electron chi connectivity index (χ3n) is 6.75. The Balaban J connectivity index is 0.00000225. The van der Waals surface area contributed by atoms with Crippen molar-refractivity contribution in [3.05, 3.63) is 0 Å². The van der Waals surface area contributed by atoms with Gasteiger partial charge in [0.2, 0.25) is 0 Å². The van der Waals surface area contributed by atoms with Gasteiger partial charge in [-0.3, -0.25) is 4.99 Å². The number of hydrogen-bond acceptors (Lipinski definition) is 3. The smallest absolute Gasteiger partial charge is 0.191 e. The van der Waals surface area contributed by atoms with E-state index in [0.29, 0.717) is 23.5 Å². The molecule has 1 saturated heterocycles. The molecular formula is C19H36IN3O2. The van der Waals surface area contributed by atoms with Crippen LogP contribution in [0.5, 0.6) is 0 Å². The largest absolute Gasteiger partial charge is 0.385 e. The number of guanidine groups is 1. The van der Waals surface area contributed by atoms with Crippen LogP contribution in [0.4, 0.5) is 0 Å². The van der Waals surface area contributed by atoms with Gasteiger partial charge in [0.15, 0.2) is 5.96 Å². The van der Waals surface area contributed by atoms with Crippen LogP contribution in [0, 0.1) is 16.7 Å². The van der Waals surface area contributed by atoms with Crippen molar-refractivity contribution < 1.29 is 9.47 Å². The average Bonchev–Trinajstić information content (AvgIpc) is 3.22. The van der Waals surface area contributed by atoms with Gasteiger partial charge in [-0.1, -0.05) is 26.7 Å². The van der Waals surface area contributed by atoms with Crippen molar-refractivity contribution in [3.63, 3.8) is 0 Å². The molecule has 6 heteroatoms. The lowest BCUT2D eigenvalue weighted by Gasteiger charge is -2.55. The Labute approximate surface area is 170 Å². The number of halogens is 1. The Morgan fingerprint density at radius 1 is 1.28 bits per heavy atom. The predicted molar refractivity (Wildman–Crippen MR) is 113 cm³/mol. The lowest BCUT2D eigenvalue weighted by molar-refractivity contribution is -0.106. The topological polar surface area (TPSA) is 54.9 Å². The average molecular weight is 465 g/mol. The first-order chi connectivity index (χ1) is 11.5. The summed E-state index contributed by atoms with van der Waals surface area (Å²) < 4.78 is 11.2. The molecule has 3 fully saturated rings. The molecule has 0 aromatic rings. The zero-order valence-corrected chi connectivity index (χ0v) is 18.6. The first-order valence-corrected chi connectivity index (χ1v) is 9.60. The second-order valence-electron chi connectivity index (χ2n) is 8.56. The van der Waals surface area contributed by atoms with Crippen LogP contribution in [0.1, 0.15) is 52.4 Å². The van der Waals surface area contributed by atoms with Crippen molar-refractivity contribution in [1.29, 1.82) is 0 Å². The quantitative estimate of drug-likeness (QED) is 0.360. The summed E-state index contributed by atoms with van der Waals surface area (Å²) in [7, 11) is 3.68. The van der Waals surface area contributed by atoms with E-state index in [4.69, 9.17) is 9.47 Å². The number of aliphatic imine (C=N–C) groups is 1. The van der Waals surface area contributed by atoms with E-state index in [0.717, 1.165) is 32.1 Å². The molecule has 2 saturated carbocycles. The number of fused-ring (bicyclic) bond motifs is 1. The fourth-order valence-corrected chi connectivity index (χ4v) is 5.19. The molecule has 0 amide bonds. The predicted octanol–water partition coefficient (Wildman–Crippen LogP) is 3.18. The lowest BCUT2D eigenvalue weighted by atomic mass is 9.57. The number of nitrogens with zero attached hydrogens (tertiary/aromatic N) is 1. The third kappa shape index (κ3) is 4.26. The van der Waals surface area contributed by atoms with E-state index >= 15 is 0 Å². The van der Waals surface area contributed by atoms with Gasteiger partial charge in [-0.05, 0) is 31.1 Å². The Morgan fingerprint density at radius 2 is 2.00 bits per heavy atom. The van der Waals surface area contributed by atoms with Crippen molar-refractivity contribution in [3.8, 4) is 0 Å². The van der Waals surface area contributed by atoms with Crippen LogP contribution in [-0.4, -0.2) is 52.0 Å². The Hall–Kier alpha value is -0.0800. The molecule has 3 rings (SSSR count). The molecule has 3 atom stereocenters. The normalized spacial score (nSPS) is 32.5. The number of nitrogens with one attached hydrogen (secondary N) is 2. The highest BCUT2D eigenvalue weighted by atomic mass is 127. The zero-order chi connectivity index (χ0) is 17.2. The summed E-state index contributed by atoms with van der Waals surface area (Å²) in [6.45, 7) is 7.37. The highest BCUT2D eigenvalue weighted by molar-refractivity contribution is 14.0. The minimum absolute atomic E-state index is 0. The summed E-state index contributed by atoms with van der Waals surface area (Å²) >= 11 is 0. The van der Waals surface area contributed by atoms with Crippen LogP contribution in [0.3, 0.4) is 0 Å². The van der Waals surface area contributed by atoms with Crippen LogP contribution in [0.25, 0.3) is 0 Å². The van der Waals surface area contributed by atoms with Crippen LogP contribution >= 0.6 is 24.0 Å². The maximum Gasteiger partial charge on any atom is 0.191 e. The highest BCUT2D eigenvalue weighted by Crippen LogP contribution is 2.52. The SMILES string of the molecule is CN=C(NCC1(CCOC)CCCC1)NC1C2CCOC2C1(C)C.I. The van der Waals surface area contributed by atoms with Gasteiger partial charge >= 0.3 is 0 Å². The number of hydrogen-bond donors (Lipinski definition) is 2. The van der Waals surface area contributed by atoms with E-state index in [2.05, 4.69) is 29.5 Å². The maximum absolute atomic E-state index is 5.90. The van der Waals surface area contributed by atoms with Crippen LogP contribution in [-0.2, 0) is 9.47 Å². The van der Waals surface area contributed by atoms with Gasteiger partial charge in [-0.15, -0.1) is 24.0 Å². The molecule has 0 spiro atoms. The van der Waals surface area contributed by atoms with Gasteiger partial charge in [-0.2, -0.15) is 0 Å². The van der Waals surface area contributed by atoms with Crippen LogP contribution in [0.15, 0.2) is 4.99 Å². The summed E-state index contributed by atoms with van der Waals surface area (Å²) in [5, 5.41) is 7.31.